The SMILES string of the molecule is CCC(C)OC(=O)N1CC[C@@H](C(=O)O)C1. The molecule has 1 heterocycles. The van der Waals surface area contributed by atoms with Crippen LogP contribution in [0, 0.1) is 5.92 Å². The van der Waals surface area contributed by atoms with Crippen molar-refractivity contribution in [1.82, 2.24) is 4.90 Å². The Morgan fingerprint density at radius 2 is 2.27 bits per heavy atom. The van der Waals surface area contributed by atoms with Crippen LogP contribution in [-0.4, -0.2) is 41.3 Å². The molecule has 0 aromatic carbocycles. The number of hydrogen-bond donors (Lipinski definition) is 1. The van der Waals surface area contributed by atoms with Crippen molar-refractivity contribution in [3.8, 4) is 0 Å². The highest BCUT2D eigenvalue weighted by atomic mass is 16.6. The van der Waals surface area contributed by atoms with E-state index in [-0.39, 0.29) is 12.6 Å². The summed E-state index contributed by atoms with van der Waals surface area (Å²) in [6, 6.07) is 0. The molecule has 0 radical (unpaired) electrons. The fourth-order valence-corrected chi connectivity index (χ4v) is 1.46. The second-order valence-corrected chi connectivity index (χ2v) is 3.87. The van der Waals surface area contributed by atoms with Crippen LogP contribution >= 0.6 is 0 Å². The standard InChI is InChI=1S/C10H17NO4/c1-3-7(2)15-10(14)11-5-4-8(6-11)9(12)13/h7-8H,3-6H2,1-2H3,(H,12,13)/t7?,8-/m1/s1. The second-order valence-electron chi connectivity index (χ2n) is 3.87. The molecule has 1 aliphatic heterocycles. The third-order valence-corrected chi connectivity index (χ3v) is 2.67. The molecule has 1 saturated heterocycles. The van der Waals surface area contributed by atoms with Gasteiger partial charge in [0, 0.05) is 13.1 Å². The van der Waals surface area contributed by atoms with E-state index < -0.39 is 18.0 Å². The summed E-state index contributed by atoms with van der Waals surface area (Å²) in [5.41, 5.74) is 0. The first-order valence-corrected chi connectivity index (χ1v) is 5.23. The van der Waals surface area contributed by atoms with E-state index in [2.05, 4.69) is 0 Å². The molecule has 5 heteroatoms. The molecule has 1 rings (SSSR count). The first-order chi connectivity index (χ1) is 7.04. The smallest absolute Gasteiger partial charge is 0.410 e. The van der Waals surface area contributed by atoms with Crippen LogP contribution in [0.5, 0.6) is 0 Å². The Balaban J connectivity index is 2.40. The van der Waals surface area contributed by atoms with Gasteiger partial charge >= 0.3 is 12.1 Å². The van der Waals surface area contributed by atoms with Gasteiger partial charge in [0.1, 0.15) is 6.10 Å². The summed E-state index contributed by atoms with van der Waals surface area (Å²) in [6.45, 7) is 4.50. The molecule has 1 aliphatic rings. The van der Waals surface area contributed by atoms with Crippen molar-refractivity contribution in [3.63, 3.8) is 0 Å². The minimum absolute atomic E-state index is 0.110. The zero-order valence-electron chi connectivity index (χ0n) is 9.10. The number of carboxylic acid groups (broad SMARTS) is 1. The van der Waals surface area contributed by atoms with Crippen molar-refractivity contribution in [2.75, 3.05) is 13.1 Å². The summed E-state index contributed by atoms with van der Waals surface area (Å²) >= 11 is 0. The predicted octanol–water partition coefficient (Wildman–Crippen LogP) is 1.33. The maximum atomic E-state index is 11.5. The lowest BCUT2D eigenvalue weighted by atomic mass is 10.1. The Kier molecular flexibility index (Phi) is 3.94. The number of carboxylic acids is 1. The zero-order valence-corrected chi connectivity index (χ0v) is 9.10. The zero-order chi connectivity index (χ0) is 11.4. The third-order valence-electron chi connectivity index (χ3n) is 2.67. The number of ether oxygens (including phenoxy) is 1. The van der Waals surface area contributed by atoms with Gasteiger partial charge in [-0.05, 0) is 19.8 Å². The number of carbonyl (C=O) groups is 2. The number of likely N-dealkylation sites (tertiary alicyclic amines) is 1. The van der Waals surface area contributed by atoms with Crippen LogP contribution in [0.15, 0.2) is 0 Å². The summed E-state index contributed by atoms with van der Waals surface area (Å²) in [7, 11) is 0. The molecule has 0 aromatic rings. The highest BCUT2D eigenvalue weighted by molar-refractivity contribution is 5.74. The van der Waals surface area contributed by atoms with Gasteiger partial charge in [0.05, 0.1) is 5.92 Å². The fraction of sp³-hybridized carbons (Fsp3) is 0.800. The van der Waals surface area contributed by atoms with Crippen LogP contribution in [-0.2, 0) is 9.53 Å². The number of hydrogen-bond acceptors (Lipinski definition) is 3. The van der Waals surface area contributed by atoms with Gasteiger partial charge in [0.15, 0.2) is 0 Å². The highest BCUT2D eigenvalue weighted by Gasteiger charge is 2.31. The van der Waals surface area contributed by atoms with Crippen molar-refractivity contribution in [2.24, 2.45) is 5.92 Å². The van der Waals surface area contributed by atoms with Crippen LogP contribution in [0.4, 0.5) is 4.79 Å². The van der Waals surface area contributed by atoms with Crippen molar-refractivity contribution in [2.45, 2.75) is 32.8 Å². The van der Waals surface area contributed by atoms with E-state index in [1.54, 1.807) is 0 Å². The van der Waals surface area contributed by atoms with Crippen LogP contribution in [0.3, 0.4) is 0 Å². The highest BCUT2D eigenvalue weighted by Crippen LogP contribution is 2.17. The molecular formula is C10H17NO4. The van der Waals surface area contributed by atoms with E-state index in [1.807, 2.05) is 13.8 Å². The lowest BCUT2D eigenvalue weighted by molar-refractivity contribution is -0.141. The molecule has 15 heavy (non-hydrogen) atoms. The minimum Gasteiger partial charge on any atom is -0.481 e. The summed E-state index contributed by atoms with van der Waals surface area (Å²) in [4.78, 5) is 23.6. The van der Waals surface area contributed by atoms with Gasteiger partial charge in [-0.2, -0.15) is 0 Å². The molecule has 2 atom stereocenters. The number of amides is 1. The molecule has 0 saturated carbocycles. The van der Waals surface area contributed by atoms with Crippen molar-refractivity contribution in [3.05, 3.63) is 0 Å². The summed E-state index contributed by atoms with van der Waals surface area (Å²) < 4.78 is 5.11. The first-order valence-electron chi connectivity index (χ1n) is 5.23. The average Bonchev–Trinajstić information content (AvgIpc) is 2.66. The van der Waals surface area contributed by atoms with Gasteiger partial charge in [-0.15, -0.1) is 0 Å². The van der Waals surface area contributed by atoms with Crippen molar-refractivity contribution >= 4 is 12.1 Å². The number of aliphatic carboxylic acids is 1. The third kappa shape index (κ3) is 3.11. The van der Waals surface area contributed by atoms with E-state index >= 15 is 0 Å². The minimum atomic E-state index is -0.839. The largest absolute Gasteiger partial charge is 0.481 e. The molecule has 86 valence electrons. The molecule has 1 fully saturated rings. The second kappa shape index (κ2) is 5.00. The van der Waals surface area contributed by atoms with Crippen LogP contribution in [0.25, 0.3) is 0 Å². The van der Waals surface area contributed by atoms with E-state index in [4.69, 9.17) is 9.84 Å². The Bertz CT molecular complexity index is 254. The fourth-order valence-electron chi connectivity index (χ4n) is 1.46. The molecule has 0 aromatic heterocycles. The molecule has 0 aliphatic carbocycles. The van der Waals surface area contributed by atoms with Gasteiger partial charge in [0.25, 0.3) is 0 Å². The molecule has 5 nitrogen and oxygen atoms in total. The van der Waals surface area contributed by atoms with E-state index in [9.17, 15) is 9.59 Å². The molecule has 1 N–H and O–H groups in total. The van der Waals surface area contributed by atoms with Gasteiger partial charge < -0.3 is 14.7 Å². The predicted molar refractivity (Wildman–Crippen MR) is 53.5 cm³/mol. The van der Waals surface area contributed by atoms with Crippen molar-refractivity contribution < 1.29 is 19.4 Å². The lowest BCUT2D eigenvalue weighted by Gasteiger charge is -2.18. The van der Waals surface area contributed by atoms with Crippen LogP contribution in [0.2, 0.25) is 0 Å². The van der Waals surface area contributed by atoms with Gasteiger partial charge in [0.2, 0.25) is 0 Å². The average molecular weight is 215 g/mol. The summed E-state index contributed by atoms with van der Waals surface area (Å²) in [5.74, 6) is -1.27. The van der Waals surface area contributed by atoms with Gasteiger partial charge in [-0.3, -0.25) is 4.79 Å². The number of rotatable bonds is 3. The normalized spacial score (nSPS) is 22.5. The molecule has 1 unspecified atom stereocenters. The summed E-state index contributed by atoms with van der Waals surface area (Å²) in [5, 5.41) is 8.76. The van der Waals surface area contributed by atoms with E-state index in [0.29, 0.717) is 13.0 Å². The van der Waals surface area contributed by atoms with E-state index in [1.165, 1.54) is 4.90 Å². The lowest BCUT2D eigenvalue weighted by Crippen LogP contribution is -2.32. The molecule has 1 amide bonds. The Morgan fingerprint density at radius 1 is 1.60 bits per heavy atom. The quantitative estimate of drug-likeness (QED) is 0.771. The van der Waals surface area contributed by atoms with Crippen LogP contribution < -0.4 is 0 Å². The molecule has 0 bridgehead atoms. The molecular weight excluding hydrogens is 198 g/mol. The monoisotopic (exact) mass is 215 g/mol. The Morgan fingerprint density at radius 3 is 2.73 bits per heavy atom. The maximum Gasteiger partial charge on any atom is 0.410 e. The molecule has 0 spiro atoms. The maximum absolute atomic E-state index is 11.5. The van der Waals surface area contributed by atoms with Gasteiger partial charge in [-0.1, -0.05) is 6.92 Å². The topological polar surface area (TPSA) is 66.8 Å². The Labute approximate surface area is 89.0 Å². The van der Waals surface area contributed by atoms with E-state index in [0.717, 1.165) is 6.42 Å². The first kappa shape index (κ1) is 11.8. The number of nitrogens with zero attached hydrogens (tertiary/aromatic N) is 1. The Hall–Kier alpha value is -1.26. The van der Waals surface area contributed by atoms with Crippen LogP contribution in [0.1, 0.15) is 26.7 Å². The van der Waals surface area contributed by atoms with Gasteiger partial charge in [-0.25, -0.2) is 4.79 Å². The van der Waals surface area contributed by atoms with Crippen molar-refractivity contribution in [1.29, 1.82) is 0 Å². The summed E-state index contributed by atoms with van der Waals surface area (Å²) in [6.07, 6.45) is 0.779. The number of carbonyl (C=O) groups excluding carboxylic acids is 1.